The predicted molar refractivity (Wildman–Crippen MR) is 78.0 cm³/mol. The minimum atomic E-state index is -3.72. The Morgan fingerprint density at radius 3 is 2.67 bits per heavy atom. The molecule has 1 heterocycles. The third-order valence-electron chi connectivity index (χ3n) is 3.76. The fraction of sp³-hybridized carbons (Fsp3) is 0.571. The van der Waals surface area contributed by atoms with Crippen molar-refractivity contribution in [3.8, 4) is 0 Å². The van der Waals surface area contributed by atoms with Crippen molar-refractivity contribution in [3.05, 3.63) is 29.6 Å². The number of nitrogens with one attached hydrogen (secondary N) is 1. The van der Waals surface area contributed by atoms with Gasteiger partial charge in [0.1, 0.15) is 5.82 Å². The zero-order chi connectivity index (χ0) is 15.5. The monoisotopic (exact) mass is 316 g/mol. The summed E-state index contributed by atoms with van der Waals surface area (Å²) in [5.74, 6) is -0.547. The third-order valence-corrected chi connectivity index (χ3v) is 5.75. The quantitative estimate of drug-likeness (QED) is 0.891. The molecule has 1 N–H and O–H groups in total. The molecule has 0 atom stereocenters. The topological polar surface area (TPSA) is 58.6 Å². The van der Waals surface area contributed by atoms with Gasteiger partial charge in [-0.25, -0.2) is 12.8 Å². The zero-order valence-corrected chi connectivity index (χ0v) is 13.1. The molecule has 5 nitrogen and oxygen atoms in total. The van der Waals surface area contributed by atoms with Gasteiger partial charge in [0.2, 0.25) is 10.0 Å². The average molecular weight is 316 g/mol. The molecular formula is C14H21FN2O3S. The number of rotatable bonds is 5. The van der Waals surface area contributed by atoms with Crippen molar-refractivity contribution in [1.29, 1.82) is 0 Å². The van der Waals surface area contributed by atoms with Crippen molar-refractivity contribution in [2.75, 3.05) is 27.3 Å². The molecule has 0 radical (unpaired) electrons. The lowest BCUT2D eigenvalue weighted by molar-refractivity contribution is 0.0632. The minimum absolute atomic E-state index is 0.0332. The van der Waals surface area contributed by atoms with Gasteiger partial charge in [-0.3, -0.25) is 0 Å². The summed E-state index contributed by atoms with van der Waals surface area (Å²) in [5.41, 5.74) is 0.567. The molecule has 0 unspecified atom stereocenters. The Kier molecular flexibility index (Phi) is 5.32. The summed E-state index contributed by atoms with van der Waals surface area (Å²) >= 11 is 0. The van der Waals surface area contributed by atoms with E-state index in [0.717, 1.165) is 6.07 Å². The fourth-order valence-electron chi connectivity index (χ4n) is 2.51. The fourth-order valence-corrected chi connectivity index (χ4v) is 4.15. The number of benzene rings is 1. The van der Waals surface area contributed by atoms with E-state index >= 15 is 0 Å². The van der Waals surface area contributed by atoms with Crippen LogP contribution in [0.2, 0.25) is 0 Å². The van der Waals surface area contributed by atoms with E-state index in [9.17, 15) is 12.8 Å². The van der Waals surface area contributed by atoms with Crippen LogP contribution in [0.5, 0.6) is 0 Å². The molecule has 7 heteroatoms. The molecule has 1 aromatic rings. The van der Waals surface area contributed by atoms with Crippen LogP contribution in [0.4, 0.5) is 4.39 Å². The van der Waals surface area contributed by atoms with Crippen molar-refractivity contribution >= 4 is 10.0 Å². The molecule has 1 aliphatic heterocycles. The van der Waals surface area contributed by atoms with Crippen molar-refractivity contribution < 1.29 is 17.5 Å². The Bertz CT molecular complexity index is 586. The second kappa shape index (κ2) is 6.83. The van der Waals surface area contributed by atoms with E-state index in [1.807, 2.05) is 0 Å². The molecular weight excluding hydrogens is 295 g/mol. The largest absolute Gasteiger partial charge is 0.381 e. The number of ether oxygens (including phenoxy) is 1. The Hall–Kier alpha value is -1.02. The highest BCUT2D eigenvalue weighted by Gasteiger charge is 2.31. The molecule has 0 saturated carbocycles. The van der Waals surface area contributed by atoms with Crippen LogP contribution in [0, 0.1) is 5.82 Å². The van der Waals surface area contributed by atoms with Crippen LogP contribution in [0.25, 0.3) is 0 Å². The minimum Gasteiger partial charge on any atom is -0.381 e. The van der Waals surface area contributed by atoms with E-state index < -0.39 is 15.8 Å². The smallest absolute Gasteiger partial charge is 0.243 e. The molecule has 0 spiro atoms. The first-order valence-electron chi connectivity index (χ1n) is 6.95. The van der Waals surface area contributed by atoms with Crippen molar-refractivity contribution in [2.45, 2.75) is 30.3 Å². The number of hydrogen-bond donors (Lipinski definition) is 1. The summed E-state index contributed by atoms with van der Waals surface area (Å²) in [7, 11) is -0.437. The van der Waals surface area contributed by atoms with Crippen LogP contribution in [-0.4, -0.2) is 46.1 Å². The Morgan fingerprint density at radius 1 is 1.38 bits per heavy atom. The van der Waals surface area contributed by atoms with Gasteiger partial charge in [-0.05, 0) is 37.6 Å². The summed E-state index contributed by atoms with van der Waals surface area (Å²) in [4.78, 5) is 0.0332. The molecule has 1 aliphatic rings. The Morgan fingerprint density at radius 2 is 2.05 bits per heavy atom. The highest BCUT2D eigenvalue weighted by Crippen LogP contribution is 2.25. The van der Waals surface area contributed by atoms with Crippen LogP contribution in [-0.2, 0) is 21.3 Å². The molecule has 0 aromatic heterocycles. The summed E-state index contributed by atoms with van der Waals surface area (Å²) in [6, 6.07) is 3.78. The molecule has 118 valence electrons. The van der Waals surface area contributed by atoms with E-state index in [0.29, 0.717) is 38.2 Å². The van der Waals surface area contributed by atoms with Crippen molar-refractivity contribution in [2.24, 2.45) is 0 Å². The van der Waals surface area contributed by atoms with E-state index in [1.165, 1.54) is 16.4 Å². The summed E-state index contributed by atoms with van der Waals surface area (Å²) in [6.07, 6.45) is 1.32. The summed E-state index contributed by atoms with van der Waals surface area (Å²) < 4.78 is 45.6. The maximum Gasteiger partial charge on any atom is 0.243 e. The number of sulfonamides is 1. The van der Waals surface area contributed by atoms with Crippen LogP contribution >= 0.6 is 0 Å². The van der Waals surface area contributed by atoms with Crippen LogP contribution in [0.15, 0.2) is 23.1 Å². The van der Waals surface area contributed by atoms with Gasteiger partial charge < -0.3 is 10.1 Å². The molecule has 1 saturated heterocycles. The average Bonchev–Trinajstić information content (AvgIpc) is 2.49. The maximum atomic E-state index is 13.5. The van der Waals surface area contributed by atoms with E-state index in [1.54, 1.807) is 14.1 Å². The second-order valence-corrected chi connectivity index (χ2v) is 7.11. The van der Waals surface area contributed by atoms with Crippen LogP contribution in [0.3, 0.4) is 0 Å². The number of nitrogens with zero attached hydrogens (tertiary/aromatic N) is 1. The van der Waals surface area contributed by atoms with Crippen molar-refractivity contribution in [3.63, 3.8) is 0 Å². The zero-order valence-electron chi connectivity index (χ0n) is 12.3. The lowest BCUT2D eigenvalue weighted by Gasteiger charge is -2.31. The molecule has 1 aromatic carbocycles. The summed E-state index contributed by atoms with van der Waals surface area (Å²) in [6.45, 7) is 1.48. The Labute approximate surface area is 125 Å². The van der Waals surface area contributed by atoms with Gasteiger partial charge in [0.15, 0.2) is 0 Å². The molecule has 0 bridgehead atoms. The number of hydrogen-bond acceptors (Lipinski definition) is 4. The second-order valence-electron chi connectivity index (χ2n) is 5.15. The predicted octanol–water partition coefficient (Wildman–Crippen LogP) is 1.34. The van der Waals surface area contributed by atoms with Crippen molar-refractivity contribution in [1.82, 2.24) is 9.62 Å². The lowest BCUT2D eigenvalue weighted by Crippen LogP contribution is -2.41. The standard InChI is InChI=1S/C14H21FN2O3S/c1-16-10-11-3-4-12(15)9-14(11)21(18,19)17(2)13-5-7-20-8-6-13/h3-4,9,13,16H,5-8,10H2,1-2H3. The van der Waals surface area contributed by atoms with Gasteiger partial charge in [-0.2, -0.15) is 4.31 Å². The number of halogens is 1. The van der Waals surface area contributed by atoms with Crippen LogP contribution < -0.4 is 5.32 Å². The normalized spacial score (nSPS) is 17.3. The molecule has 0 aliphatic carbocycles. The van der Waals surface area contributed by atoms with Gasteiger partial charge in [-0.1, -0.05) is 6.07 Å². The first kappa shape index (κ1) is 16.4. The van der Waals surface area contributed by atoms with E-state index in [2.05, 4.69) is 5.32 Å². The van der Waals surface area contributed by atoms with E-state index in [-0.39, 0.29) is 10.9 Å². The van der Waals surface area contributed by atoms with Crippen LogP contribution in [0.1, 0.15) is 18.4 Å². The first-order chi connectivity index (χ1) is 9.96. The van der Waals surface area contributed by atoms with Gasteiger partial charge in [0.25, 0.3) is 0 Å². The third kappa shape index (κ3) is 3.60. The lowest BCUT2D eigenvalue weighted by atomic mass is 10.1. The molecule has 2 rings (SSSR count). The highest BCUT2D eigenvalue weighted by molar-refractivity contribution is 7.89. The van der Waals surface area contributed by atoms with E-state index in [4.69, 9.17) is 4.74 Å². The van der Waals surface area contributed by atoms with Gasteiger partial charge in [0.05, 0.1) is 4.90 Å². The SMILES string of the molecule is CNCc1ccc(F)cc1S(=O)(=O)N(C)C1CCOCC1. The first-order valence-corrected chi connectivity index (χ1v) is 8.39. The molecule has 0 amide bonds. The molecule has 21 heavy (non-hydrogen) atoms. The summed E-state index contributed by atoms with van der Waals surface area (Å²) in [5, 5.41) is 2.91. The van der Waals surface area contributed by atoms with Gasteiger partial charge >= 0.3 is 0 Å². The highest BCUT2D eigenvalue weighted by atomic mass is 32.2. The maximum absolute atomic E-state index is 13.5. The van der Waals surface area contributed by atoms with Gasteiger partial charge in [0, 0.05) is 32.8 Å². The molecule has 1 fully saturated rings. The Balaban J connectivity index is 2.35. The van der Waals surface area contributed by atoms with Gasteiger partial charge in [-0.15, -0.1) is 0 Å².